The molecule has 1 fully saturated rings. The minimum atomic E-state index is -0.646. The maximum atomic E-state index is 9.94. The smallest absolute Gasteiger partial charge is 0.240 e. The summed E-state index contributed by atoms with van der Waals surface area (Å²) in [6.45, 7) is 10.9. The Kier molecular flexibility index (Phi) is 5.91. The standard InChI is InChI=1S/C15H28N4O3/c1-12(21-4)14-16-13(22-17-14)10-18-6-5-7-19(9-8-18)11-15(2,3)20/h12,20H,5-11H2,1-4H3. The van der Waals surface area contributed by atoms with Gasteiger partial charge >= 0.3 is 0 Å². The van der Waals surface area contributed by atoms with E-state index in [4.69, 9.17) is 9.26 Å². The lowest BCUT2D eigenvalue weighted by Crippen LogP contribution is -2.40. The molecule has 7 heteroatoms. The van der Waals surface area contributed by atoms with Gasteiger partial charge in [0.1, 0.15) is 6.10 Å². The molecule has 1 aromatic rings. The van der Waals surface area contributed by atoms with E-state index in [0.717, 1.165) is 32.6 Å². The second kappa shape index (κ2) is 7.50. The van der Waals surface area contributed by atoms with Crippen LogP contribution in [0.1, 0.15) is 45.0 Å². The van der Waals surface area contributed by atoms with Crippen LogP contribution in [0.5, 0.6) is 0 Å². The number of aromatic nitrogens is 2. The van der Waals surface area contributed by atoms with Crippen LogP contribution in [0, 0.1) is 0 Å². The van der Waals surface area contributed by atoms with Gasteiger partial charge in [0.2, 0.25) is 5.89 Å². The van der Waals surface area contributed by atoms with Gasteiger partial charge in [0.05, 0.1) is 12.1 Å². The van der Waals surface area contributed by atoms with E-state index in [1.165, 1.54) is 0 Å². The Bertz CT molecular complexity index is 458. The van der Waals surface area contributed by atoms with Crippen molar-refractivity contribution in [3.63, 3.8) is 0 Å². The first-order chi connectivity index (χ1) is 10.4. The van der Waals surface area contributed by atoms with E-state index in [1.54, 1.807) is 7.11 Å². The zero-order chi connectivity index (χ0) is 16.2. The van der Waals surface area contributed by atoms with Crippen LogP contribution in [0.3, 0.4) is 0 Å². The molecule has 1 aromatic heterocycles. The van der Waals surface area contributed by atoms with E-state index in [9.17, 15) is 5.11 Å². The van der Waals surface area contributed by atoms with Crippen molar-refractivity contribution in [1.29, 1.82) is 0 Å². The molecule has 22 heavy (non-hydrogen) atoms. The Morgan fingerprint density at radius 3 is 2.64 bits per heavy atom. The third-order valence-electron chi connectivity index (χ3n) is 3.85. The Balaban J connectivity index is 1.85. The van der Waals surface area contributed by atoms with Crippen molar-refractivity contribution >= 4 is 0 Å². The molecule has 0 amide bonds. The van der Waals surface area contributed by atoms with Crippen LogP contribution in [0.2, 0.25) is 0 Å². The van der Waals surface area contributed by atoms with Crippen molar-refractivity contribution in [2.45, 2.75) is 45.4 Å². The van der Waals surface area contributed by atoms with Crippen LogP contribution >= 0.6 is 0 Å². The van der Waals surface area contributed by atoms with Crippen LogP contribution in [0.25, 0.3) is 0 Å². The topological polar surface area (TPSA) is 74.9 Å². The third kappa shape index (κ3) is 5.31. The first-order valence-electron chi connectivity index (χ1n) is 7.90. The fourth-order valence-electron chi connectivity index (χ4n) is 2.68. The lowest BCUT2D eigenvalue weighted by atomic mass is 10.1. The summed E-state index contributed by atoms with van der Waals surface area (Å²) in [5.74, 6) is 1.23. The average molecular weight is 312 g/mol. The van der Waals surface area contributed by atoms with Gasteiger partial charge in [-0.1, -0.05) is 5.16 Å². The van der Waals surface area contributed by atoms with E-state index >= 15 is 0 Å². The summed E-state index contributed by atoms with van der Waals surface area (Å²) in [5, 5.41) is 13.9. The van der Waals surface area contributed by atoms with Gasteiger partial charge in [0.25, 0.3) is 0 Å². The Morgan fingerprint density at radius 1 is 1.27 bits per heavy atom. The molecule has 0 bridgehead atoms. The average Bonchev–Trinajstić information content (AvgIpc) is 2.79. The minimum absolute atomic E-state index is 0.149. The molecule has 1 atom stereocenters. The number of methoxy groups -OCH3 is 1. The van der Waals surface area contributed by atoms with Gasteiger partial charge in [-0.2, -0.15) is 4.98 Å². The summed E-state index contributed by atoms with van der Waals surface area (Å²) >= 11 is 0. The lowest BCUT2D eigenvalue weighted by molar-refractivity contribution is 0.0373. The van der Waals surface area contributed by atoms with Crippen molar-refractivity contribution in [2.75, 3.05) is 39.8 Å². The molecule has 7 nitrogen and oxygen atoms in total. The van der Waals surface area contributed by atoms with E-state index in [2.05, 4.69) is 19.9 Å². The Hall–Kier alpha value is -1.02. The molecule has 1 saturated heterocycles. The molecule has 2 heterocycles. The van der Waals surface area contributed by atoms with E-state index in [-0.39, 0.29) is 6.10 Å². The fourth-order valence-corrected chi connectivity index (χ4v) is 2.68. The number of ether oxygens (including phenoxy) is 1. The number of hydrogen-bond donors (Lipinski definition) is 1. The summed E-state index contributed by atoms with van der Waals surface area (Å²) in [6, 6.07) is 0. The fraction of sp³-hybridized carbons (Fsp3) is 0.867. The van der Waals surface area contributed by atoms with Gasteiger partial charge < -0.3 is 14.4 Å². The molecular formula is C15H28N4O3. The summed E-state index contributed by atoms with van der Waals surface area (Å²) in [5.41, 5.74) is -0.646. The predicted molar refractivity (Wildman–Crippen MR) is 82.4 cm³/mol. The van der Waals surface area contributed by atoms with E-state index in [1.807, 2.05) is 20.8 Å². The molecule has 1 aliphatic heterocycles. The molecule has 0 aromatic carbocycles. The number of rotatable bonds is 6. The summed E-state index contributed by atoms with van der Waals surface area (Å²) in [4.78, 5) is 9.02. The zero-order valence-electron chi connectivity index (χ0n) is 14.1. The number of nitrogens with zero attached hydrogens (tertiary/aromatic N) is 4. The summed E-state index contributed by atoms with van der Waals surface area (Å²) in [7, 11) is 1.63. The maximum absolute atomic E-state index is 9.94. The number of β-amino-alcohol motifs (C(OH)–C–C–N with tert-alkyl or cyclic N) is 1. The highest BCUT2D eigenvalue weighted by Gasteiger charge is 2.22. The highest BCUT2D eigenvalue weighted by molar-refractivity contribution is 4.90. The molecule has 0 radical (unpaired) electrons. The maximum Gasteiger partial charge on any atom is 0.240 e. The lowest BCUT2D eigenvalue weighted by Gasteiger charge is -2.27. The second-order valence-electron chi connectivity index (χ2n) is 6.64. The molecule has 1 aliphatic rings. The molecule has 1 N–H and O–H groups in total. The van der Waals surface area contributed by atoms with Crippen molar-refractivity contribution in [3.05, 3.63) is 11.7 Å². The van der Waals surface area contributed by atoms with Gasteiger partial charge in [-0.05, 0) is 40.3 Å². The van der Waals surface area contributed by atoms with Crippen LogP contribution < -0.4 is 0 Å². The van der Waals surface area contributed by atoms with Crippen LogP contribution in [-0.4, -0.2) is 70.5 Å². The quantitative estimate of drug-likeness (QED) is 0.841. The first kappa shape index (κ1) is 17.3. The van der Waals surface area contributed by atoms with Gasteiger partial charge in [0.15, 0.2) is 5.82 Å². The monoisotopic (exact) mass is 312 g/mol. The van der Waals surface area contributed by atoms with Crippen molar-refractivity contribution in [1.82, 2.24) is 19.9 Å². The molecule has 2 rings (SSSR count). The summed E-state index contributed by atoms with van der Waals surface area (Å²) < 4.78 is 10.5. The molecule has 0 saturated carbocycles. The molecule has 0 spiro atoms. The van der Waals surface area contributed by atoms with Crippen molar-refractivity contribution in [2.24, 2.45) is 0 Å². The Morgan fingerprint density at radius 2 is 1.95 bits per heavy atom. The van der Waals surface area contributed by atoms with Gasteiger partial charge in [-0.3, -0.25) is 9.80 Å². The molecule has 1 unspecified atom stereocenters. The van der Waals surface area contributed by atoms with E-state index < -0.39 is 5.60 Å². The van der Waals surface area contributed by atoms with Gasteiger partial charge in [0, 0.05) is 26.7 Å². The van der Waals surface area contributed by atoms with Crippen LogP contribution in [0.4, 0.5) is 0 Å². The largest absolute Gasteiger partial charge is 0.389 e. The first-order valence-corrected chi connectivity index (χ1v) is 7.90. The minimum Gasteiger partial charge on any atom is -0.389 e. The van der Waals surface area contributed by atoms with E-state index in [0.29, 0.717) is 24.8 Å². The third-order valence-corrected chi connectivity index (χ3v) is 3.85. The molecule has 0 aliphatic carbocycles. The Labute approximate surface area is 132 Å². The predicted octanol–water partition coefficient (Wildman–Crippen LogP) is 1.06. The van der Waals surface area contributed by atoms with Crippen molar-refractivity contribution < 1.29 is 14.4 Å². The molecule has 126 valence electrons. The highest BCUT2D eigenvalue weighted by atomic mass is 16.5. The molecular weight excluding hydrogens is 284 g/mol. The van der Waals surface area contributed by atoms with Crippen molar-refractivity contribution in [3.8, 4) is 0 Å². The van der Waals surface area contributed by atoms with Crippen LogP contribution in [0.15, 0.2) is 4.52 Å². The highest BCUT2D eigenvalue weighted by Crippen LogP contribution is 2.14. The zero-order valence-corrected chi connectivity index (χ0v) is 14.1. The summed E-state index contributed by atoms with van der Waals surface area (Å²) in [6.07, 6.45) is 0.926. The van der Waals surface area contributed by atoms with Gasteiger partial charge in [-0.15, -0.1) is 0 Å². The normalized spacial score (nSPS) is 20.0. The second-order valence-corrected chi connectivity index (χ2v) is 6.64. The number of aliphatic hydroxyl groups is 1. The van der Waals surface area contributed by atoms with Crippen LogP contribution in [-0.2, 0) is 11.3 Å². The van der Waals surface area contributed by atoms with Gasteiger partial charge in [-0.25, -0.2) is 0 Å². The SMILES string of the molecule is COC(C)c1noc(CN2CCCN(CC(C)(C)O)CC2)n1. The number of hydrogen-bond acceptors (Lipinski definition) is 7.